The Morgan fingerprint density at radius 2 is 1.96 bits per heavy atom. The quantitative estimate of drug-likeness (QED) is 0.826. The van der Waals surface area contributed by atoms with E-state index in [0.29, 0.717) is 35.9 Å². The smallest absolute Gasteiger partial charge is 0.319 e. The zero-order valence-corrected chi connectivity index (χ0v) is 14.7. The van der Waals surface area contributed by atoms with Crippen LogP contribution in [0.1, 0.15) is 31.4 Å². The first-order valence-electron chi connectivity index (χ1n) is 8.40. The summed E-state index contributed by atoms with van der Waals surface area (Å²) in [6, 6.07) is 4.61. The highest BCUT2D eigenvalue weighted by atomic mass is 16.5. The van der Waals surface area contributed by atoms with Crippen molar-refractivity contribution in [1.29, 1.82) is 0 Å². The largest absolute Gasteiger partial charge is 0.493 e. The van der Waals surface area contributed by atoms with E-state index < -0.39 is 6.04 Å². The molecule has 0 fully saturated rings. The van der Waals surface area contributed by atoms with Crippen molar-refractivity contribution in [2.75, 3.05) is 27.3 Å². The highest BCUT2D eigenvalue weighted by Crippen LogP contribution is 2.36. The normalized spacial score (nSPS) is 19.5. The van der Waals surface area contributed by atoms with Crippen molar-refractivity contribution < 1.29 is 19.1 Å². The standard InChI is InChI=1S/C18H23N3O4/c1-4-5-8-21-10-12-15(17(21)22)16(20-18(23)19-12)11-6-7-13(24-2)14(9-11)25-3/h6-7,9,16H,4-5,8,10H2,1-3H3,(H2,19,20,23). The molecule has 0 saturated carbocycles. The van der Waals surface area contributed by atoms with E-state index in [0.717, 1.165) is 18.4 Å². The van der Waals surface area contributed by atoms with E-state index >= 15 is 0 Å². The molecule has 25 heavy (non-hydrogen) atoms. The topological polar surface area (TPSA) is 79.9 Å². The monoisotopic (exact) mass is 345 g/mol. The minimum absolute atomic E-state index is 0.0317. The summed E-state index contributed by atoms with van der Waals surface area (Å²) in [6.07, 6.45) is 1.95. The zero-order chi connectivity index (χ0) is 18.0. The fraction of sp³-hybridized carbons (Fsp3) is 0.444. The number of amides is 3. The second-order valence-corrected chi connectivity index (χ2v) is 6.12. The van der Waals surface area contributed by atoms with E-state index in [-0.39, 0.29) is 11.9 Å². The first-order chi connectivity index (χ1) is 12.1. The predicted molar refractivity (Wildman–Crippen MR) is 92.5 cm³/mol. The molecule has 1 atom stereocenters. The van der Waals surface area contributed by atoms with Crippen LogP contribution in [0.5, 0.6) is 11.5 Å². The van der Waals surface area contributed by atoms with Crippen LogP contribution in [0.3, 0.4) is 0 Å². The van der Waals surface area contributed by atoms with Gasteiger partial charge in [0.2, 0.25) is 0 Å². The van der Waals surface area contributed by atoms with Crippen LogP contribution >= 0.6 is 0 Å². The van der Waals surface area contributed by atoms with E-state index in [9.17, 15) is 9.59 Å². The summed E-state index contributed by atoms with van der Waals surface area (Å²) in [6.45, 7) is 3.23. The molecule has 2 heterocycles. The van der Waals surface area contributed by atoms with Crippen molar-refractivity contribution in [3.63, 3.8) is 0 Å². The van der Waals surface area contributed by atoms with Gasteiger partial charge in [-0.05, 0) is 24.1 Å². The molecule has 2 aliphatic rings. The summed E-state index contributed by atoms with van der Waals surface area (Å²) in [5.41, 5.74) is 2.07. The van der Waals surface area contributed by atoms with Gasteiger partial charge in [-0.1, -0.05) is 19.4 Å². The number of ether oxygens (including phenoxy) is 2. The number of hydrogen-bond acceptors (Lipinski definition) is 4. The van der Waals surface area contributed by atoms with Gasteiger partial charge in [-0.25, -0.2) is 4.79 Å². The Morgan fingerprint density at radius 3 is 2.64 bits per heavy atom. The third-order valence-corrected chi connectivity index (χ3v) is 4.54. The number of nitrogens with zero attached hydrogens (tertiary/aromatic N) is 1. The molecular weight excluding hydrogens is 322 g/mol. The number of hydrogen-bond donors (Lipinski definition) is 2. The van der Waals surface area contributed by atoms with Crippen LogP contribution in [0.4, 0.5) is 4.79 Å². The van der Waals surface area contributed by atoms with Crippen LogP contribution in [-0.4, -0.2) is 44.1 Å². The number of urea groups is 1. The van der Waals surface area contributed by atoms with Crippen LogP contribution in [-0.2, 0) is 4.79 Å². The molecule has 1 aromatic carbocycles. The fourth-order valence-corrected chi connectivity index (χ4v) is 3.24. The maximum Gasteiger partial charge on any atom is 0.319 e. The summed E-state index contributed by atoms with van der Waals surface area (Å²) in [5, 5.41) is 5.63. The van der Waals surface area contributed by atoms with E-state index in [4.69, 9.17) is 9.47 Å². The second kappa shape index (κ2) is 7.04. The maximum absolute atomic E-state index is 12.8. The average molecular weight is 345 g/mol. The van der Waals surface area contributed by atoms with Gasteiger partial charge in [-0.2, -0.15) is 0 Å². The van der Waals surface area contributed by atoms with Gasteiger partial charge in [-0.3, -0.25) is 4.79 Å². The average Bonchev–Trinajstić information content (AvgIpc) is 2.94. The summed E-state index contributed by atoms with van der Waals surface area (Å²) in [4.78, 5) is 26.7. The third kappa shape index (κ3) is 3.14. The molecule has 0 aromatic heterocycles. The molecule has 7 nitrogen and oxygen atoms in total. The van der Waals surface area contributed by atoms with Crippen molar-refractivity contribution >= 4 is 11.9 Å². The lowest BCUT2D eigenvalue weighted by Crippen LogP contribution is -2.44. The number of nitrogens with one attached hydrogen (secondary N) is 2. The summed E-state index contributed by atoms with van der Waals surface area (Å²) in [7, 11) is 3.12. The summed E-state index contributed by atoms with van der Waals surface area (Å²) >= 11 is 0. The molecule has 0 bridgehead atoms. The maximum atomic E-state index is 12.8. The van der Waals surface area contributed by atoms with Crippen molar-refractivity contribution in [2.45, 2.75) is 25.8 Å². The molecule has 3 amide bonds. The Morgan fingerprint density at radius 1 is 1.20 bits per heavy atom. The lowest BCUT2D eigenvalue weighted by Gasteiger charge is -2.26. The molecule has 3 rings (SSSR count). The van der Waals surface area contributed by atoms with E-state index in [2.05, 4.69) is 17.6 Å². The predicted octanol–water partition coefficient (Wildman–Crippen LogP) is 1.95. The van der Waals surface area contributed by atoms with Crippen LogP contribution in [0.25, 0.3) is 0 Å². The highest BCUT2D eigenvalue weighted by molar-refractivity contribution is 6.01. The number of carbonyl (C=O) groups excluding carboxylic acids is 2. The first-order valence-corrected chi connectivity index (χ1v) is 8.40. The van der Waals surface area contributed by atoms with Gasteiger partial charge < -0.3 is 25.0 Å². The molecule has 0 radical (unpaired) electrons. The van der Waals surface area contributed by atoms with Gasteiger partial charge >= 0.3 is 6.03 Å². The lowest BCUT2D eigenvalue weighted by atomic mass is 9.96. The van der Waals surface area contributed by atoms with Gasteiger partial charge in [0.05, 0.1) is 38.1 Å². The molecule has 134 valence electrons. The van der Waals surface area contributed by atoms with Crippen LogP contribution in [0.15, 0.2) is 29.5 Å². The molecule has 0 saturated heterocycles. The highest BCUT2D eigenvalue weighted by Gasteiger charge is 2.40. The molecule has 1 unspecified atom stereocenters. The molecule has 0 spiro atoms. The Balaban J connectivity index is 1.94. The minimum Gasteiger partial charge on any atom is -0.493 e. The number of benzene rings is 1. The lowest BCUT2D eigenvalue weighted by molar-refractivity contribution is -0.125. The first kappa shape index (κ1) is 17.1. The van der Waals surface area contributed by atoms with Crippen LogP contribution in [0, 0.1) is 0 Å². The number of carbonyl (C=O) groups is 2. The van der Waals surface area contributed by atoms with Gasteiger partial charge in [-0.15, -0.1) is 0 Å². The van der Waals surface area contributed by atoms with Crippen LogP contribution < -0.4 is 20.1 Å². The van der Waals surface area contributed by atoms with Gasteiger partial charge in [0.25, 0.3) is 5.91 Å². The fourth-order valence-electron chi connectivity index (χ4n) is 3.24. The second-order valence-electron chi connectivity index (χ2n) is 6.12. The SMILES string of the molecule is CCCCN1CC2=C(C1=O)C(c1ccc(OC)c(OC)c1)NC(=O)N2. The van der Waals surface area contributed by atoms with E-state index in [1.807, 2.05) is 6.07 Å². The minimum atomic E-state index is -0.498. The molecule has 1 aromatic rings. The molecule has 7 heteroatoms. The Hall–Kier alpha value is -2.70. The van der Waals surface area contributed by atoms with Crippen molar-refractivity contribution in [3.8, 4) is 11.5 Å². The van der Waals surface area contributed by atoms with Crippen LogP contribution in [0.2, 0.25) is 0 Å². The molecular formula is C18H23N3O4. The molecule has 2 aliphatic heterocycles. The van der Waals surface area contributed by atoms with E-state index in [1.54, 1.807) is 31.3 Å². The van der Waals surface area contributed by atoms with Gasteiger partial charge in [0.15, 0.2) is 11.5 Å². The van der Waals surface area contributed by atoms with Crippen molar-refractivity contribution in [3.05, 3.63) is 35.0 Å². The Labute approximate surface area is 147 Å². The van der Waals surface area contributed by atoms with Crippen molar-refractivity contribution in [2.24, 2.45) is 0 Å². The summed E-state index contributed by atoms with van der Waals surface area (Å²) in [5.74, 6) is 1.13. The van der Waals surface area contributed by atoms with E-state index in [1.165, 1.54) is 0 Å². The molecule has 0 aliphatic carbocycles. The number of rotatable bonds is 6. The summed E-state index contributed by atoms with van der Waals surface area (Å²) < 4.78 is 10.6. The zero-order valence-electron chi connectivity index (χ0n) is 14.7. The van der Waals surface area contributed by atoms with Gasteiger partial charge in [0.1, 0.15) is 0 Å². The Kier molecular flexibility index (Phi) is 4.83. The number of methoxy groups -OCH3 is 2. The van der Waals surface area contributed by atoms with Crippen molar-refractivity contribution in [1.82, 2.24) is 15.5 Å². The third-order valence-electron chi connectivity index (χ3n) is 4.54. The van der Waals surface area contributed by atoms with Gasteiger partial charge in [0, 0.05) is 6.54 Å². The molecule has 2 N–H and O–H groups in total. The number of unbranched alkanes of at least 4 members (excludes halogenated alkanes) is 1. The Bertz CT molecular complexity index is 729.